The van der Waals surface area contributed by atoms with Crippen LogP contribution in [-0.2, 0) is 14.4 Å². The minimum absolute atomic E-state index is 0.212. The second kappa shape index (κ2) is 6.90. The summed E-state index contributed by atoms with van der Waals surface area (Å²) in [6.45, 7) is 1.44. The molecule has 1 aromatic carbocycles. The first-order chi connectivity index (χ1) is 11.9. The van der Waals surface area contributed by atoms with Gasteiger partial charge in [-0.2, -0.15) is 15.0 Å². The average molecular weight is 342 g/mol. The Morgan fingerprint density at radius 3 is 1.92 bits per heavy atom. The first kappa shape index (κ1) is 17.1. The van der Waals surface area contributed by atoms with Crippen LogP contribution < -0.4 is 17.1 Å². The van der Waals surface area contributed by atoms with Gasteiger partial charge in [0.25, 0.3) is 0 Å². The fraction of sp³-hybridized carbons (Fsp3) is 0.0769. The van der Waals surface area contributed by atoms with E-state index in [1.54, 1.807) is 9.97 Å². The molecule has 0 unspecified atom stereocenters. The van der Waals surface area contributed by atoms with Crippen molar-refractivity contribution in [3.8, 4) is 5.69 Å². The molecule has 0 fully saturated rings. The molecular weight excluding hydrogens is 336 g/mol. The van der Waals surface area contributed by atoms with Gasteiger partial charge in [-0.3, -0.25) is 9.97 Å². The SMILES string of the molecule is Cc1cc(N=C=O)c(-n2c(=O)[nH]c(=O)[nH]c2=O)c(N=C=O)c1N=C=O. The van der Waals surface area contributed by atoms with Crippen LogP contribution in [0.4, 0.5) is 17.1 Å². The van der Waals surface area contributed by atoms with Gasteiger partial charge in [-0.1, -0.05) is 0 Å². The normalized spacial score (nSPS) is 9.48. The molecule has 0 atom stereocenters. The number of hydrogen-bond acceptors (Lipinski definition) is 9. The molecule has 1 aromatic heterocycles. The lowest BCUT2D eigenvalue weighted by molar-refractivity contribution is 0.564. The van der Waals surface area contributed by atoms with Gasteiger partial charge in [-0.25, -0.2) is 33.3 Å². The molecular formula is C13H6N6O6. The maximum atomic E-state index is 12.0. The van der Waals surface area contributed by atoms with Gasteiger partial charge >= 0.3 is 17.1 Å². The predicted molar refractivity (Wildman–Crippen MR) is 81.4 cm³/mol. The third-order valence-corrected chi connectivity index (χ3v) is 2.97. The Kier molecular flexibility index (Phi) is 4.73. The zero-order valence-electron chi connectivity index (χ0n) is 12.3. The average Bonchev–Trinajstić information content (AvgIpc) is 2.53. The van der Waals surface area contributed by atoms with Crippen LogP contribution in [0, 0.1) is 6.92 Å². The van der Waals surface area contributed by atoms with Crippen LogP contribution >= 0.6 is 0 Å². The second-order valence-corrected chi connectivity index (χ2v) is 4.39. The topological polar surface area (TPSA) is 176 Å². The zero-order chi connectivity index (χ0) is 18.6. The van der Waals surface area contributed by atoms with Crippen molar-refractivity contribution in [1.82, 2.24) is 14.5 Å². The minimum Gasteiger partial charge on any atom is -0.258 e. The number of isocyanates is 3. The van der Waals surface area contributed by atoms with Crippen molar-refractivity contribution < 1.29 is 14.4 Å². The van der Waals surface area contributed by atoms with E-state index in [0.29, 0.717) is 4.57 Å². The van der Waals surface area contributed by atoms with Gasteiger partial charge in [0.05, 0.1) is 0 Å². The van der Waals surface area contributed by atoms with Gasteiger partial charge in [-0.15, -0.1) is 0 Å². The summed E-state index contributed by atoms with van der Waals surface area (Å²) in [6.07, 6.45) is 3.64. The lowest BCUT2D eigenvalue weighted by Crippen LogP contribution is -2.42. The van der Waals surface area contributed by atoms with E-state index in [1.807, 2.05) is 0 Å². The Morgan fingerprint density at radius 2 is 1.40 bits per heavy atom. The highest BCUT2D eigenvalue weighted by Gasteiger charge is 2.21. The van der Waals surface area contributed by atoms with Crippen molar-refractivity contribution in [2.45, 2.75) is 6.92 Å². The van der Waals surface area contributed by atoms with E-state index in [4.69, 9.17) is 0 Å². The van der Waals surface area contributed by atoms with Crippen molar-refractivity contribution in [2.24, 2.45) is 15.0 Å². The molecule has 1 heterocycles. The number of nitrogens with zero attached hydrogens (tertiary/aromatic N) is 4. The lowest BCUT2D eigenvalue weighted by Gasteiger charge is -2.12. The van der Waals surface area contributed by atoms with Gasteiger partial charge in [0, 0.05) is 0 Å². The van der Waals surface area contributed by atoms with Crippen molar-refractivity contribution in [1.29, 1.82) is 0 Å². The van der Waals surface area contributed by atoms with Gasteiger partial charge in [0.15, 0.2) is 0 Å². The number of rotatable bonds is 4. The Bertz CT molecular complexity index is 1150. The van der Waals surface area contributed by atoms with Crippen molar-refractivity contribution in [2.75, 3.05) is 0 Å². The molecule has 25 heavy (non-hydrogen) atoms. The fourth-order valence-electron chi connectivity index (χ4n) is 2.09. The molecule has 2 N–H and O–H groups in total. The first-order valence-corrected chi connectivity index (χ1v) is 6.31. The highest BCUT2D eigenvalue weighted by Crippen LogP contribution is 2.42. The summed E-state index contributed by atoms with van der Waals surface area (Å²) < 4.78 is 0.358. The van der Waals surface area contributed by atoms with Gasteiger partial charge in [0.2, 0.25) is 18.2 Å². The van der Waals surface area contributed by atoms with E-state index < -0.39 is 28.4 Å². The highest BCUT2D eigenvalue weighted by atomic mass is 16.2. The standard InChI is InChI=1S/C13H6N6O6/c1-6-2-7(14-3-20)10(9(16-5-22)8(6)15-4-21)19-12(24)17-11(23)18-13(19)25/h2H,1H3,(H2,17,18,23,24,25). The maximum absolute atomic E-state index is 12.0. The lowest BCUT2D eigenvalue weighted by atomic mass is 10.1. The van der Waals surface area contributed by atoms with E-state index in [1.165, 1.54) is 31.2 Å². The van der Waals surface area contributed by atoms with Crippen LogP contribution in [0.2, 0.25) is 0 Å². The Morgan fingerprint density at radius 1 is 0.880 bits per heavy atom. The molecule has 0 spiro atoms. The summed E-state index contributed by atoms with van der Waals surface area (Å²) in [5.74, 6) is 0. The van der Waals surface area contributed by atoms with Crippen LogP contribution in [0.1, 0.15) is 5.56 Å². The number of aliphatic imine (C=N–C) groups is 3. The number of hydrogen-bond donors (Lipinski definition) is 2. The molecule has 2 rings (SSSR count). The maximum Gasteiger partial charge on any atom is 0.338 e. The predicted octanol–water partition coefficient (Wildman–Crippen LogP) is -0.576. The van der Waals surface area contributed by atoms with Gasteiger partial charge in [-0.05, 0) is 18.6 Å². The number of aromatic amines is 2. The van der Waals surface area contributed by atoms with E-state index in [-0.39, 0.29) is 16.9 Å². The molecule has 0 aliphatic rings. The van der Waals surface area contributed by atoms with Crippen LogP contribution in [-0.4, -0.2) is 32.8 Å². The number of carbonyl (C=O) groups excluding carboxylic acids is 3. The van der Waals surface area contributed by atoms with Crippen molar-refractivity contribution in [3.05, 3.63) is 43.1 Å². The molecule has 0 aliphatic carbocycles. The van der Waals surface area contributed by atoms with Crippen molar-refractivity contribution >= 4 is 35.3 Å². The van der Waals surface area contributed by atoms with Crippen LogP contribution in [0.5, 0.6) is 0 Å². The minimum atomic E-state index is -1.21. The van der Waals surface area contributed by atoms with Gasteiger partial charge < -0.3 is 0 Å². The van der Waals surface area contributed by atoms with Crippen molar-refractivity contribution in [3.63, 3.8) is 0 Å². The smallest absolute Gasteiger partial charge is 0.258 e. The molecule has 0 amide bonds. The number of aromatic nitrogens is 3. The number of H-pyrrole nitrogens is 2. The summed E-state index contributed by atoms with van der Waals surface area (Å²) in [7, 11) is 0. The summed E-state index contributed by atoms with van der Waals surface area (Å²) in [5.41, 5.74) is -4.69. The quantitative estimate of drug-likeness (QED) is 0.555. The molecule has 0 radical (unpaired) electrons. The summed E-state index contributed by atoms with van der Waals surface area (Å²) >= 11 is 0. The van der Waals surface area contributed by atoms with E-state index in [9.17, 15) is 28.8 Å². The largest absolute Gasteiger partial charge is 0.338 e. The first-order valence-electron chi connectivity index (χ1n) is 6.31. The third-order valence-electron chi connectivity index (χ3n) is 2.97. The second-order valence-electron chi connectivity index (χ2n) is 4.39. The summed E-state index contributed by atoms with van der Waals surface area (Å²) in [6, 6.07) is 1.19. The Balaban J connectivity index is 3.20. The number of aryl methyl sites for hydroxylation is 1. The highest BCUT2D eigenvalue weighted by molar-refractivity contribution is 5.86. The molecule has 12 heteroatoms. The van der Waals surface area contributed by atoms with E-state index in [0.717, 1.165) is 0 Å². The summed E-state index contributed by atoms with van der Waals surface area (Å²) in [5, 5.41) is 0. The fourth-order valence-corrected chi connectivity index (χ4v) is 2.09. The molecule has 124 valence electrons. The number of benzene rings is 1. The monoisotopic (exact) mass is 342 g/mol. The molecule has 0 bridgehead atoms. The van der Waals surface area contributed by atoms with Crippen LogP contribution in [0.25, 0.3) is 5.69 Å². The zero-order valence-corrected chi connectivity index (χ0v) is 12.3. The molecule has 12 nitrogen and oxygen atoms in total. The Labute approximate surface area is 135 Å². The van der Waals surface area contributed by atoms with E-state index >= 15 is 0 Å². The molecule has 2 aromatic rings. The molecule has 0 aliphatic heterocycles. The number of nitrogens with one attached hydrogen (secondary N) is 2. The molecule has 0 saturated heterocycles. The summed E-state index contributed by atoms with van der Waals surface area (Å²) in [4.78, 5) is 80.9. The van der Waals surface area contributed by atoms with Crippen LogP contribution in [0.3, 0.4) is 0 Å². The molecule has 0 saturated carbocycles. The van der Waals surface area contributed by atoms with E-state index in [2.05, 4.69) is 15.0 Å². The van der Waals surface area contributed by atoms with Crippen LogP contribution in [0.15, 0.2) is 35.4 Å². The Hall–Kier alpha value is -4.23. The third kappa shape index (κ3) is 3.11. The van der Waals surface area contributed by atoms with Gasteiger partial charge in [0.1, 0.15) is 22.7 Å².